The standard InChI is InChI=1S/C20H26N2O5/c1-13-6-5-7-15(14(13)2)21-18(23)12-26-19(24)10-11-22-16-8-3-4-9-17(16)27-20(22)25/h3-4,8-9,13-15H,5-7,10-12H2,1-2H3,(H,21,23)/t13-,14+,15+/m1/s1. The lowest BCUT2D eigenvalue weighted by Crippen LogP contribution is -2.45. The van der Waals surface area contributed by atoms with Crippen LogP contribution in [0, 0.1) is 11.8 Å². The zero-order valence-electron chi connectivity index (χ0n) is 15.8. The summed E-state index contributed by atoms with van der Waals surface area (Å²) in [6.45, 7) is 4.20. The van der Waals surface area contributed by atoms with Gasteiger partial charge in [0.05, 0.1) is 11.9 Å². The Morgan fingerprint density at radius 2 is 2.04 bits per heavy atom. The molecule has 7 nitrogen and oxygen atoms in total. The van der Waals surface area contributed by atoms with Crippen molar-refractivity contribution in [2.45, 2.75) is 52.1 Å². The third-order valence-electron chi connectivity index (χ3n) is 5.53. The van der Waals surface area contributed by atoms with Crippen LogP contribution in [0.3, 0.4) is 0 Å². The molecule has 0 radical (unpaired) electrons. The summed E-state index contributed by atoms with van der Waals surface area (Å²) in [5, 5.41) is 2.97. The molecule has 1 saturated carbocycles. The highest BCUT2D eigenvalue weighted by Gasteiger charge is 2.28. The minimum absolute atomic E-state index is 0.00637. The number of ether oxygens (including phenoxy) is 1. The highest BCUT2D eigenvalue weighted by atomic mass is 16.5. The first-order chi connectivity index (χ1) is 13.0. The topological polar surface area (TPSA) is 90.5 Å². The van der Waals surface area contributed by atoms with Gasteiger partial charge in [-0.2, -0.15) is 0 Å². The predicted octanol–water partition coefficient (Wildman–Crippen LogP) is 2.47. The smallest absolute Gasteiger partial charge is 0.419 e. The quantitative estimate of drug-likeness (QED) is 0.785. The fourth-order valence-corrected chi connectivity index (χ4v) is 3.68. The van der Waals surface area contributed by atoms with E-state index in [1.54, 1.807) is 24.3 Å². The van der Waals surface area contributed by atoms with Crippen LogP contribution >= 0.6 is 0 Å². The van der Waals surface area contributed by atoms with Gasteiger partial charge in [0.2, 0.25) is 0 Å². The van der Waals surface area contributed by atoms with Crippen molar-refractivity contribution in [1.29, 1.82) is 0 Å². The summed E-state index contributed by atoms with van der Waals surface area (Å²) >= 11 is 0. The predicted molar refractivity (Wildman–Crippen MR) is 100 cm³/mol. The molecule has 0 saturated heterocycles. The van der Waals surface area contributed by atoms with Crippen molar-refractivity contribution in [3.63, 3.8) is 0 Å². The highest BCUT2D eigenvalue weighted by Crippen LogP contribution is 2.29. The number of aromatic nitrogens is 1. The number of oxazole rings is 1. The molecular weight excluding hydrogens is 348 g/mol. The van der Waals surface area contributed by atoms with Gasteiger partial charge in [0.15, 0.2) is 12.2 Å². The second-order valence-electron chi connectivity index (χ2n) is 7.34. The first kappa shape index (κ1) is 19.2. The number of hydrogen-bond acceptors (Lipinski definition) is 5. The second-order valence-corrected chi connectivity index (χ2v) is 7.34. The van der Waals surface area contributed by atoms with Gasteiger partial charge < -0.3 is 14.5 Å². The number of esters is 1. The van der Waals surface area contributed by atoms with Crippen molar-refractivity contribution in [3.8, 4) is 0 Å². The van der Waals surface area contributed by atoms with E-state index < -0.39 is 11.7 Å². The Labute approximate surface area is 157 Å². The van der Waals surface area contributed by atoms with Crippen LogP contribution in [0.4, 0.5) is 0 Å². The van der Waals surface area contributed by atoms with E-state index in [0.717, 1.165) is 12.8 Å². The minimum atomic E-state index is -0.521. The monoisotopic (exact) mass is 374 g/mol. The fraction of sp³-hybridized carbons (Fsp3) is 0.550. The van der Waals surface area contributed by atoms with Gasteiger partial charge in [-0.05, 0) is 30.4 Å². The number of amides is 1. The molecule has 3 atom stereocenters. The molecule has 1 N–H and O–H groups in total. The summed E-state index contributed by atoms with van der Waals surface area (Å²) in [5.41, 5.74) is 1.11. The summed E-state index contributed by atoms with van der Waals surface area (Å²) in [5.74, 6) is -0.316. The number of benzene rings is 1. The Balaban J connectivity index is 1.46. The summed E-state index contributed by atoms with van der Waals surface area (Å²) in [6, 6.07) is 7.16. The summed E-state index contributed by atoms with van der Waals surface area (Å²) in [7, 11) is 0. The van der Waals surface area contributed by atoms with Crippen molar-refractivity contribution in [1.82, 2.24) is 9.88 Å². The maximum atomic E-state index is 12.1. The molecule has 0 bridgehead atoms. The van der Waals surface area contributed by atoms with E-state index in [2.05, 4.69) is 19.2 Å². The molecule has 146 valence electrons. The Kier molecular flexibility index (Phi) is 5.98. The van der Waals surface area contributed by atoms with Crippen LogP contribution in [0.1, 0.15) is 39.5 Å². The lowest BCUT2D eigenvalue weighted by molar-refractivity contribution is -0.149. The minimum Gasteiger partial charge on any atom is -0.456 e. The van der Waals surface area contributed by atoms with Crippen molar-refractivity contribution < 1.29 is 18.7 Å². The van der Waals surface area contributed by atoms with E-state index >= 15 is 0 Å². The molecule has 0 spiro atoms. The van der Waals surface area contributed by atoms with Gasteiger partial charge in [-0.3, -0.25) is 14.2 Å². The molecule has 3 rings (SSSR count). The number of rotatable bonds is 6. The van der Waals surface area contributed by atoms with Crippen LogP contribution < -0.4 is 11.1 Å². The molecule has 1 fully saturated rings. The lowest BCUT2D eigenvalue weighted by Gasteiger charge is -2.34. The zero-order valence-corrected chi connectivity index (χ0v) is 15.8. The Bertz CT molecular complexity index is 869. The Morgan fingerprint density at radius 3 is 2.85 bits per heavy atom. The molecule has 2 aromatic rings. The summed E-state index contributed by atoms with van der Waals surface area (Å²) in [4.78, 5) is 35.9. The highest BCUT2D eigenvalue weighted by molar-refractivity contribution is 5.80. The SMILES string of the molecule is C[C@H]1[C@H](C)CCC[C@@H]1NC(=O)COC(=O)CCn1c(=O)oc2ccccc21. The van der Waals surface area contributed by atoms with Crippen LogP contribution in [0.15, 0.2) is 33.5 Å². The van der Waals surface area contributed by atoms with Gasteiger partial charge >= 0.3 is 11.7 Å². The molecule has 0 aliphatic heterocycles. The largest absolute Gasteiger partial charge is 0.456 e. The van der Waals surface area contributed by atoms with E-state index in [4.69, 9.17) is 9.15 Å². The van der Waals surface area contributed by atoms with Crippen LogP contribution in [-0.2, 0) is 20.9 Å². The van der Waals surface area contributed by atoms with Crippen molar-refractivity contribution >= 4 is 23.0 Å². The first-order valence-electron chi connectivity index (χ1n) is 9.49. The first-order valence-corrected chi connectivity index (χ1v) is 9.49. The van der Waals surface area contributed by atoms with E-state index in [1.807, 2.05) is 0 Å². The Morgan fingerprint density at radius 1 is 1.26 bits per heavy atom. The van der Waals surface area contributed by atoms with Crippen LogP contribution in [0.2, 0.25) is 0 Å². The molecule has 1 aromatic heterocycles. The van der Waals surface area contributed by atoms with Crippen molar-refractivity contribution in [2.24, 2.45) is 11.8 Å². The average molecular weight is 374 g/mol. The molecule has 1 amide bonds. The van der Waals surface area contributed by atoms with Gasteiger partial charge in [-0.25, -0.2) is 4.79 Å². The number of hydrogen-bond donors (Lipinski definition) is 1. The number of fused-ring (bicyclic) bond motifs is 1. The molecular formula is C20H26N2O5. The number of nitrogens with one attached hydrogen (secondary N) is 1. The normalized spacial score (nSPS) is 22.5. The van der Waals surface area contributed by atoms with Crippen LogP contribution in [-0.4, -0.2) is 29.1 Å². The van der Waals surface area contributed by atoms with Gasteiger partial charge in [-0.15, -0.1) is 0 Å². The molecule has 1 aromatic carbocycles. The second kappa shape index (κ2) is 8.41. The van der Waals surface area contributed by atoms with Gasteiger partial charge in [-0.1, -0.05) is 38.8 Å². The lowest BCUT2D eigenvalue weighted by atomic mass is 9.78. The number of aryl methyl sites for hydroxylation is 1. The summed E-state index contributed by atoms with van der Waals surface area (Å²) < 4.78 is 11.6. The zero-order chi connectivity index (χ0) is 19.4. The number of para-hydroxylation sites is 2. The fourth-order valence-electron chi connectivity index (χ4n) is 3.68. The number of carbonyl (C=O) groups is 2. The Hall–Kier alpha value is -2.57. The van der Waals surface area contributed by atoms with E-state index in [9.17, 15) is 14.4 Å². The van der Waals surface area contributed by atoms with E-state index in [1.165, 1.54) is 11.0 Å². The molecule has 1 aliphatic rings. The molecule has 0 unspecified atom stereocenters. The van der Waals surface area contributed by atoms with Crippen LogP contribution in [0.5, 0.6) is 0 Å². The maximum absolute atomic E-state index is 12.1. The van der Waals surface area contributed by atoms with Gasteiger partial charge in [0, 0.05) is 12.6 Å². The van der Waals surface area contributed by atoms with Crippen LogP contribution in [0.25, 0.3) is 11.1 Å². The average Bonchev–Trinajstić information content (AvgIpc) is 2.97. The molecule has 1 heterocycles. The van der Waals surface area contributed by atoms with Gasteiger partial charge in [0.1, 0.15) is 0 Å². The van der Waals surface area contributed by atoms with Gasteiger partial charge in [0.25, 0.3) is 5.91 Å². The third kappa shape index (κ3) is 4.59. The number of carbonyl (C=O) groups excluding carboxylic acids is 2. The molecule has 1 aliphatic carbocycles. The van der Waals surface area contributed by atoms with E-state index in [-0.39, 0.29) is 31.5 Å². The van der Waals surface area contributed by atoms with Crippen molar-refractivity contribution in [2.75, 3.05) is 6.61 Å². The molecule has 7 heteroatoms. The third-order valence-corrected chi connectivity index (χ3v) is 5.53. The van der Waals surface area contributed by atoms with E-state index in [0.29, 0.717) is 22.9 Å². The summed E-state index contributed by atoms with van der Waals surface area (Å²) in [6.07, 6.45) is 3.24. The maximum Gasteiger partial charge on any atom is 0.419 e. The number of nitrogens with zero attached hydrogens (tertiary/aromatic N) is 1. The molecule has 27 heavy (non-hydrogen) atoms. The van der Waals surface area contributed by atoms with Crippen molar-refractivity contribution in [3.05, 3.63) is 34.8 Å².